The first-order valence-electron chi connectivity index (χ1n) is 7.84. The summed E-state index contributed by atoms with van der Waals surface area (Å²) in [5.41, 5.74) is 8.62. The number of hydrogen-bond acceptors (Lipinski definition) is 6. The summed E-state index contributed by atoms with van der Waals surface area (Å²) < 4.78 is 0. The van der Waals surface area contributed by atoms with E-state index in [0.29, 0.717) is 18.3 Å². The third kappa shape index (κ3) is 3.68. The largest absolute Gasteiger partial charge is 0.391 e. The summed E-state index contributed by atoms with van der Waals surface area (Å²) in [6.45, 7) is 6.12. The molecule has 0 saturated carbocycles. The number of anilines is 1. The monoisotopic (exact) mass is 333 g/mol. The molecule has 2 atom stereocenters. The van der Waals surface area contributed by atoms with E-state index >= 15 is 0 Å². The molecule has 4 N–H and O–H groups in total. The number of nitrogens with one attached hydrogen (secondary N) is 1. The van der Waals surface area contributed by atoms with Crippen LogP contribution in [-0.4, -0.2) is 55.7 Å². The number of nitrogens with zero attached hydrogens (tertiary/aromatic N) is 3. The predicted molar refractivity (Wildman–Crippen MR) is 95.2 cm³/mol. The zero-order valence-corrected chi connectivity index (χ0v) is 13.9. The molecule has 0 amide bonds. The topological polar surface area (TPSA) is 91.1 Å². The van der Waals surface area contributed by atoms with Gasteiger partial charge in [-0.15, -0.1) is 6.58 Å². The van der Waals surface area contributed by atoms with Gasteiger partial charge in [-0.25, -0.2) is 9.97 Å². The van der Waals surface area contributed by atoms with Gasteiger partial charge in [0.2, 0.25) is 0 Å². The number of allylic oxidation sites excluding steroid dienone is 1. The molecule has 3 heterocycles. The van der Waals surface area contributed by atoms with Crippen LogP contribution in [0.4, 0.5) is 5.82 Å². The molecule has 6 nitrogen and oxygen atoms in total. The van der Waals surface area contributed by atoms with Crippen molar-refractivity contribution in [1.82, 2.24) is 19.9 Å². The summed E-state index contributed by atoms with van der Waals surface area (Å²) in [4.78, 5) is 13.8. The molecule has 1 aliphatic heterocycles. The number of hydrogen-bond donors (Lipinski definition) is 3. The summed E-state index contributed by atoms with van der Waals surface area (Å²) in [5, 5.41) is 10.3. The number of nitrogens with two attached hydrogens (primary N) is 1. The number of aliphatic hydroxyl groups is 1. The Labute approximate surface area is 140 Å². The number of likely N-dealkylation sites (tertiary alicyclic amines) is 1. The molecule has 0 aliphatic carbocycles. The second-order valence-corrected chi connectivity index (χ2v) is 7.12. The summed E-state index contributed by atoms with van der Waals surface area (Å²) >= 11 is 1.89. The molecule has 0 spiro atoms. The fraction of sp³-hybridized carbons (Fsp3) is 0.500. The molecule has 124 valence electrons. The molecule has 7 heteroatoms. The van der Waals surface area contributed by atoms with Gasteiger partial charge in [0.1, 0.15) is 11.8 Å². The summed E-state index contributed by atoms with van der Waals surface area (Å²) in [5.74, 6) is 2.87. The lowest BCUT2D eigenvalue weighted by Crippen LogP contribution is -2.21. The Hall–Kier alpha value is -1.57. The Balaban J connectivity index is 1.60. The number of aliphatic hydroxyl groups excluding tert-OH is 1. The van der Waals surface area contributed by atoms with Gasteiger partial charge in [0.05, 0.1) is 11.6 Å². The van der Waals surface area contributed by atoms with E-state index < -0.39 is 0 Å². The SMILES string of the molecule is C=CCCSC[C@H]1CN(Cc2c[nH]c3c(N)ncnc23)CC1O. The number of aromatic nitrogens is 3. The van der Waals surface area contributed by atoms with Gasteiger partial charge in [-0.05, 0) is 17.9 Å². The first kappa shape index (κ1) is 16.3. The average molecular weight is 333 g/mol. The Morgan fingerprint density at radius 3 is 3.17 bits per heavy atom. The van der Waals surface area contributed by atoms with Crippen LogP contribution in [0, 0.1) is 5.92 Å². The maximum Gasteiger partial charge on any atom is 0.151 e. The number of rotatable bonds is 7. The van der Waals surface area contributed by atoms with E-state index in [0.717, 1.165) is 47.6 Å². The van der Waals surface area contributed by atoms with Crippen LogP contribution in [0.2, 0.25) is 0 Å². The van der Waals surface area contributed by atoms with E-state index in [2.05, 4.69) is 26.4 Å². The van der Waals surface area contributed by atoms with E-state index in [9.17, 15) is 5.11 Å². The van der Waals surface area contributed by atoms with E-state index in [4.69, 9.17) is 5.73 Å². The molecule has 2 aromatic rings. The summed E-state index contributed by atoms with van der Waals surface area (Å²) in [7, 11) is 0. The maximum absolute atomic E-state index is 10.3. The Kier molecular flexibility index (Phi) is 5.20. The van der Waals surface area contributed by atoms with Crippen LogP contribution in [0.15, 0.2) is 25.2 Å². The molecular weight excluding hydrogens is 310 g/mol. The van der Waals surface area contributed by atoms with Gasteiger partial charge in [0, 0.05) is 37.3 Å². The molecule has 0 aromatic carbocycles. The van der Waals surface area contributed by atoms with Crippen molar-refractivity contribution < 1.29 is 5.11 Å². The minimum absolute atomic E-state index is 0.254. The summed E-state index contributed by atoms with van der Waals surface area (Å²) in [6.07, 6.45) is 6.14. The molecule has 1 fully saturated rings. The van der Waals surface area contributed by atoms with Crippen LogP contribution in [0.1, 0.15) is 12.0 Å². The van der Waals surface area contributed by atoms with Crippen LogP contribution < -0.4 is 5.73 Å². The number of fused-ring (bicyclic) bond motifs is 1. The second kappa shape index (κ2) is 7.33. The highest BCUT2D eigenvalue weighted by Gasteiger charge is 2.31. The minimum atomic E-state index is -0.254. The lowest BCUT2D eigenvalue weighted by atomic mass is 10.1. The molecule has 1 unspecified atom stereocenters. The van der Waals surface area contributed by atoms with Crippen molar-refractivity contribution in [3.05, 3.63) is 30.7 Å². The van der Waals surface area contributed by atoms with E-state index in [1.54, 1.807) is 0 Å². The fourth-order valence-electron chi connectivity index (χ4n) is 3.01. The van der Waals surface area contributed by atoms with E-state index in [-0.39, 0.29) is 6.10 Å². The Morgan fingerprint density at radius 1 is 1.48 bits per heavy atom. The Morgan fingerprint density at radius 2 is 2.35 bits per heavy atom. The van der Waals surface area contributed by atoms with Crippen LogP contribution >= 0.6 is 11.8 Å². The van der Waals surface area contributed by atoms with Crippen LogP contribution in [0.5, 0.6) is 0 Å². The highest BCUT2D eigenvalue weighted by Crippen LogP contribution is 2.26. The van der Waals surface area contributed by atoms with Gasteiger partial charge in [-0.3, -0.25) is 4.90 Å². The minimum Gasteiger partial charge on any atom is -0.391 e. The normalized spacial score (nSPS) is 22.0. The summed E-state index contributed by atoms with van der Waals surface area (Å²) in [6, 6.07) is 0. The molecule has 23 heavy (non-hydrogen) atoms. The van der Waals surface area contributed by atoms with Crippen molar-refractivity contribution >= 4 is 28.6 Å². The molecule has 0 bridgehead atoms. The number of aromatic amines is 1. The smallest absolute Gasteiger partial charge is 0.151 e. The zero-order chi connectivity index (χ0) is 16.2. The first-order chi connectivity index (χ1) is 11.2. The van der Waals surface area contributed by atoms with Gasteiger partial charge in [0.25, 0.3) is 0 Å². The number of β-amino-alcohol motifs (C(OH)–C–C–N with tert-alkyl or cyclic N) is 1. The second-order valence-electron chi connectivity index (χ2n) is 5.97. The number of nitrogen functional groups attached to an aromatic ring is 1. The van der Waals surface area contributed by atoms with Crippen LogP contribution in [0.25, 0.3) is 11.0 Å². The Bertz CT molecular complexity index is 674. The standard InChI is InChI=1S/C16H23N5OS/c1-2-3-4-23-9-12-7-21(8-13(12)22)6-11-5-18-15-14(11)19-10-20-16(15)17/h2,5,10,12-13,18,22H,1,3-4,6-9H2,(H2,17,19,20)/t12-,13?/m1/s1. The molecule has 0 radical (unpaired) electrons. The number of thioether (sulfide) groups is 1. The third-order valence-electron chi connectivity index (χ3n) is 4.25. The van der Waals surface area contributed by atoms with Crippen molar-refractivity contribution in [2.45, 2.75) is 19.1 Å². The highest BCUT2D eigenvalue weighted by atomic mass is 32.2. The molecule has 2 aromatic heterocycles. The first-order valence-corrected chi connectivity index (χ1v) is 9.00. The van der Waals surface area contributed by atoms with Crippen molar-refractivity contribution in [3.8, 4) is 0 Å². The van der Waals surface area contributed by atoms with Crippen molar-refractivity contribution in [2.75, 3.05) is 30.3 Å². The maximum atomic E-state index is 10.3. The van der Waals surface area contributed by atoms with E-state index in [1.807, 2.05) is 24.0 Å². The third-order valence-corrected chi connectivity index (χ3v) is 5.43. The molecule has 1 saturated heterocycles. The quantitative estimate of drug-likeness (QED) is 0.527. The fourth-order valence-corrected chi connectivity index (χ4v) is 4.14. The van der Waals surface area contributed by atoms with Crippen molar-refractivity contribution in [2.24, 2.45) is 5.92 Å². The average Bonchev–Trinajstić information content (AvgIpc) is 3.09. The van der Waals surface area contributed by atoms with Crippen LogP contribution in [0.3, 0.4) is 0 Å². The van der Waals surface area contributed by atoms with E-state index in [1.165, 1.54) is 6.33 Å². The van der Waals surface area contributed by atoms with Crippen molar-refractivity contribution in [1.29, 1.82) is 0 Å². The zero-order valence-electron chi connectivity index (χ0n) is 13.1. The lowest BCUT2D eigenvalue weighted by Gasteiger charge is -2.14. The molecule has 1 aliphatic rings. The number of H-pyrrole nitrogens is 1. The predicted octanol–water partition coefficient (Wildman–Crippen LogP) is 1.64. The van der Waals surface area contributed by atoms with Crippen LogP contribution in [-0.2, 0) is 6.54 Å². The van der Waals surface area contributed by atoms with Crippen molar-refractivity contribution in [3.63, 3.8) is 0 Å². The molecule has 3 rings (SSSR count). The van der Waals surface area contributed by atoms with Gasteiger partial charge >= 0.3 is 0 Å². The van der Waals surface area contributed by atoms with Gasteiger partial charge in [0.15, 0.2) is 5.82 Å². The molecular formula is C16H23N5OS. The lowest BCUT2D eigenvalue weighted by molar-refractivity contribution is 0.149. The van der Waals surface area contributed by atoms with Gasteiger partial charge in [-0.2, -0.15) is 11.8 Å². The van der Waals surface area contributed by atoms with Gasteiger partial charge < -0.3 is 15.8 Å². The van der Waals surface area contributed by atoms with Gasteiger partial charge in [-0.1, -0.05) is 6.08 Å². The highest BCUT2D eigenvalue weighted by molar-refractivity contribution is 7.99.